The molecule has 0 saturated heterocycles. The SMILES string of the molecule is CC/C=C\CN(CCN)c1nc(OC)nc2c(F)c(-c3cccc4cccc(C)c34)ncc12. The van der Waals surface area contributed by atoms with E-state index in [2.05, 4.69) is 28.0 Å². The highest BCUT2D eigenvalue weighted by atomic mass is 19.1. The van der Waals surface area contributed by atoms with Gasteiger partial charge >= 0.3 is 6.01 Å². The predicted octanol–water partition coefficient (Wildman–Crippen LogP) is 5.03. The number of fused-ring (bicyclic) bond motifs is 2. The van der Waals surface area contributed by atoms with Crippen LogP contribution in [0.2, 0.25) is 0 Å². The smallest absolute Gasteiger partial charge is 0.318 e. The molecular formula is C26H28FN5O. The molecule has 4 aromatic rings. The summed E-state index contributed by atoms with van der Waals surface area (Å²) in [5.74, 6) is 0.0529. The van der Waals surface area contributed by atoms with Gasteiger partial charge in [0, 0.05) is 31.4 Å². The lowest BCUT2D eigenvalue weighted by Gasteiger charge is -2.23. The van der Waals surface area contributed by atoms with E-state index in [1.54, 1.807) is 6.20 Å². The summed E-state index contributed by atoms with van der Waals surface area (Å²) in [7, 11) is 1.48. The zero-order valence-electron chi connectivity index (χ0n) is 19.2. The summed E-state index contributed by atoms with van der Waals surface area (Å²) >= 11 is 0. The molecule has 33 heavy (non-hydrogen) atoms. The van der Waals surface area contributed by atoms with E-state index in [1.807, 2.05) is 54.3 Å². The van der Waals surface area contributed by atoms with Crippen LogP contribution in [0.15, 0.2) is 54.7 Å². The second-order valence-electron chi connectivity index (χ2n) is 7.81. The number of hydrogen-bond acceptors (Lipinski definition) is 6. The molecule has 4 rings (SSSR count). The van der Waals surface area contributed by atoms with Crippen molar-refractivity contribution >= 4 is 27.5 Å². The van der Waals surface area contributed by atoms with Crippen LogP contribution < -0.4 is 15.4 Å². The Morgan fingerprint density at radius 2 is 1.91 bits per heavy atom. The lowest BCUT2D eigenvalue weighted by molar-refractivity contribution is 0.381. The van der Waals surface area contributed by atoms with Gasteiger partial charge < -0.3 is 15.4 Å². The molecular weight excluding hydrogens is 417 g/mol. The fourth-order valence-electron chi connectivity index (χ4n) is 4.08. The predicted molar refractivity (Wildman–Crippen MR) is 132 cm³/mol. The van der Waals surface area contributed by atoms with Crippen LogP contribution in [0, 0.1) is 12.7 Å². The summed E-state index contributed by atoms with van der Waals surface area (Å²) in [4.78, 5) is 15.4. The van der Waals surface area contributed by atoms with Crippen molar-refractivity contribution in [3.8, 4) is 17.3 Å². The van der Waals surface area contributed by atoms with Gasteiger partial charge in [-0.15, -0.1) is 0 Å². The van der Waals surface area contributed by atoms with Crippen molar-refractivity contribution in [2.75, 3.05) is 31.6 Å². The summed E-state index contributed by atoms with van der Waals surface area (Å²) in [6, 6.07) is 12.0. The zero-order valence-corrected chi connectivity index (χ0v) is 19.2. The standard InChI is InChI=1S/C26H28FN5O/c1-4-5-6-14-32(15-13-28)25-20-16-29-23(22(27)24(20)30-26(31-25)33-3)19-12-8-11-18-10-7-9-17(2)21(18)19/h5-12,16H,4,13-15,28H2,1-3H3/b6-5-. The van der Waals surface area contributed by atoms with Crippen LogP contribution >= 0.6 is 0 Å². The minimum Gasteiger partial charge on any atom is -0.467 e. The van der Waals surface area contributed by atoms with Gasteiger partial charge in [0.05, 0.1) is 12.5 Å². The highest BCUT2D eigenvalue weighted by molar-refractivity contribution is 6.00. The molecule has 0 spiro atoms. The van der Waals surface area contributed by atoms with E-state index < -0.39 is 5.82 Å². The zero-order chi connectivity index (χ0) is 23.4. The maximum Gasteiger partial charge on any atom is 0.318 e. The molecule has 0 bridgehead atoms. The Kier molecular flexibility index (Phi) is 6.79. The number of anilines is 1. The van der Waals surface area contributed by atoms with Crippen LogP contribution in [0.25, 0.3) is 32.9 Å². The van der Waals surface area contributed by atoms with Crippen LogP contribution in [-0.4, -0.2) is 41.7 Å². The van der Waals surface area contributed by atoms with Crippen molar-refractivity contribution in [3.05, 3.63) is 66.1 Å². The van der Waals surface area contributed by atoms with Crippen LogP contribution in [0.5, 0.6) is 6.01 Å². The first kappa shape index (κ1) is 22.6. The maximum absolute atomic E-state index is 16.0. The van der Waals surface area contributed by atoms with Crippen LogP contribution in [0.1, 0.15) is 18.9 Å². The summed E-state index contributed by atoms with van der Waals surface area (Å²) < 4.78 is 21.3. The van der Waals surface area contributed by atoms with Crippen molar-refractivity contribution in [2.45, 2.75) is 20.3 Å². The topological polar surface area (TPSA) is 77.2 Å². The molecule has 0 unspecified atom stereocenters. The second kappa shape index (κ2) is 9.92. The fraction of sp³-hybridized carbons (Fsp3) is 0.269. The van der Waals surface area contributed by atoms with Crippen molar-refractivity contribution in [1.29, 1.82) is 0 Å². The first-order valence-corrected chi connectivity index (χ1v) is 11.1. The lowest BCUT2D eigenvalue weighted by atomic mass is 9.97. The molecule has 0 radical (unpaired) electrons. The van der Waals surface area contributed by atoms with Gasteiger partial charge in [0.2, 0.25) is 0 Å². The Balaban J connectivity index is 1.94. The minimum absolute atomic E-state index is 0.101. The van der Waals surface area contributed by atoms with Gasteiger partial charge in [-0.2, -0.15) is 9.97 Å². The molecule has 6 nitrogen and oxygen atoms in total. The van der Waals surface area contributed by atoms with Gasteiger partial charge in [-0.25, -0.2) is 4.39 Å². The van der Waals surface area contributed by atoms with E-state index >= 15 is 4.39 Å². The Morgan fingerprint density at radius 3 is 2.64 bits per heavy atom. The van der Waals surface area contributed by atoms with E-state index in [4.69, 9.17) is 10.5 Å². The number of benzene rings is 2. The van der Waals surface area contributed by atoms with Gasteiger partial charge in [-0.05, 0) is 29.7 Å². The minimum atomic E-state index is -0.498. The number of allylic oxidation sites excluding steroid dienone is 1. The third kappa shape index (κ3) is 4.36. The number of halogens is 1. The third-order valence-corrected chi connectivity index (χ3v) is 5.62. The number of aryl methyl sites for hydroxylation is 1. The number of ether oxygens (including phenoxy) is 1. The van der Waals surface area contributed by atoms with Gasteiger partial charge in [0.1, 0.15) is 17.0 Å². The molecule has 2 N–H and O–H groups in total. The first-order valence-electron chi connectivity index (χ1n) is 11.1. The molecule has 7 heteroatoms. The molecule has 170 valence electrons. The third-order valence-electron chi connectivity index (χ3n) is 5.62. The van der Waals surface area contributed by atoms with Crippen LogP contribution in [0.3, 0.4) is 0 Å². The maximum atomic E-state index is 16.0. The summed E-state index contributed by atoms with van der Waals surface area (Å²) in [6.07, 6.45) is 6.69. The molecule has 0 fully saturated rings. The van der Waals surface area contributed by atoms with Gasteiger partial charge in [0.25, 0.3) is 0 Å². The monoisotopic (exact) mass is 445 g/mol. The number of aromatic nitrogens is 3. The molecule has 0 aliphatic carbocycles. The van der Waals surface area contributed by atoms with Gasteiger partial charge in [-0.3, -0.25) is 4.98 Å². The highest BCUT2D eigenvalue weighted by Crippen LogP contribution is 2.35. The number of nitrogens with two attached hydrogens (primary N) is 1. The number of nitrogens with zero attached hydrogens (tertiary/aromatic N) is 4. The Morgan fingerprint density at radius 1 is 1.12 bits per heavy atom. The Hall–Kier alpha value is -3.58. The van der Waals surface area contributed by atoms with Crippen molar-refractivity contribution < 1.29 is 9.13 Å². The number of pyridine rings is 1. The average molecular weight is 446 g/mol. The van der Waals surface area contributed by atoms with Crippen LogP contribution in [0.4, 0.5) is 10.2 Å². The number of methoxy groups -OCH3 is 1. The second-order valence-corrected chi connectivity index (χ2v) is 7.81. The summed E-state index contributed by atoms with van der Waals surface area (Å²) in [6.45, 7) is 5.66. The summed E-state index contributed by atoms with van der Waals surface area (Å²) in [5.41, 5.74) is 8.07. The van der Waals surface area contributed by atoms with E-state index in [0.29, 0.717) is 30.8 Å². The van der Waals surface area contributed by atoms with E-state index in [1.165, 1.54) is 7.11 Å². The average Bonchev–Trinajstić information content (AvgIpc) is 2.83. The van der Waals surface area contributed by atoms with E-state index in [-0.39, 0.29) is 17.2 Å². The van der Waals surface area contributed by atoms with Crippen molar-refractivity contribution in [3.63, 3.8) is 0 Å². The fourth-order valence-corrected chi connectivity index (χ4v) is 4.08. The number of hydrogen-bond donors (Lipinski definition) is 1. The van der Waals surface area contributed by atoms with Gasteiger partial charge in [-0.1, -0.05) is 55.5 Å². The highest BCUT2D eigenvalue weighted by Gasteiger charge is 2.21. The largest absolute Gasteiger partial charge is 0.467 e. The molecule has 0 aliphatic rings. The lowest BCUT2D eigenvalue weighted by Crippen LogP contribution is -2.30. The van der Waals surface area contributed by atoms with Gasteiger partial charge in [0.15, 0.2) is 5.82 Å². The van der Waals surface area contributed by atoms with Crippen LogP contribution in [-0.2, 0) is 0 Å². The van der Waals surface area contributed by atoms with Crippen molar-refractivity contribution in [2.24, 2.45) is 5.73 Å². The molecule has 2 aromatic heterocycles. The Labute approximate surface area is 192 Å². The molecule has 2 aromatic carbocycles. The molecule has 0 amide bonds. The van der Waals surface area contributed by atoms with Crippen molar-refractivity contribution in [1.82, 2.24) is 15.0 Å². The number of rotatable bonds is 8. The van der Waals surface area contributed by atoms with E-state index in [9.17, 15) is 0 Å². The molecule has 0 aliphatic heterocycles. The quantitative estimate of drug-likeness (QED) is 0.383. The molecule has 0 atom stereocenters. The van der Waals surface area contributed by atoms with E-state index in [0.717, 1.165) is 28.3 Å². The molecule has 0 saturated carbocycles. The normalized spacial score (nSPS) is 11.5. The molecule has 2 heterocycles. The summed E-state index contributed by atoms with van der Waals surface area (Å²) in [5, 5.41) is 2.53. The first-order chi connectivity index (χ1) is 16.1. The Bertz CT molecular complexity index is 1320.